The lowest BCUT2D eigenvalue weighted by molar-refractivity contribution is -0.121. The zero-order valence-electron chi connectivity index (χ0n) is 16.8. The Morgan fingerprint density at radius 1 is 1.10 bits per heavy atom. The van der Waals surface area contributed by atoms with E-state index in [1.165, 1.54) is 12.8 Å². The molecular formula is C21H28N6O2. The van der Waals surface area contributed by atoms with E-state index in [0.29, 0.717) is 18.9 Å². The summed E-state index contributed by atoms with van der Waals surface area (Å²) in [5.74, 6) is 0.374. The van der Waals surface area contributed by atoms with Crippen LogP contribution in [0.5, 0.6) is 0 Å². The summed E-state index contributed by atoms with van der Waals surface area (Å²) < 4.78 is 1.67. The second kappa shape index (κ2) is 8.63. The number of amides is 3. The van der Waals surface area contributed by atoms with Gasteiger partial charge >= 0.3 is 6.03 Å². The van der Waals surface area contributed by atoms with Crippen molar-refractivity contribution in [1.29, 1.82) is 0 Å². The third-order valence-corrected chi connectivity index (χ3v) is 5.87. The number of carbonyl (C=O) groups excluding carboxylic acids is 2. The van der Waals surface area contributed by atoms with Crippen molar-refractivity contribution >= 4 is 17.8 Å². The Balaban J connectivity index is 1.37. The molecule has 2 aromatic heterocycles. The summed E-state index contributed by atoms with van der Waals surface area (Å²) in [6, 6.07) is 5.89. The van der Waals surface area contributed by atoms with Crippen LogP contribution in [-0.4, -0.2) is 50.7 Å². The summed E-state index contributed by atoms with van der Waals surface area (Å²) in [6.07, 6.45) is 9.54. The van der Waals surface area contributed by atoms with E-state index in [9.17, 15) is 9.59 Å². The Hall–Kier alpha value is -2.90. The van der Waals surface area contributed by atoms with Gasteiger partial charge in [0.15, 0.2) is 0 Å². The van der Waals surface area contributed by atoms with Crippen LogP contribution in [0.3, 0.4) is 0 Å². The topological polar surface area (TPSA) is 92.2 Å². The predicted octanol–water partition coefficient (Wildman–Crippen LogP) is 2.78. The average Bonchev–Trinajstić information content (AvgIpc) is 3.38. The van der Waals surface area contributed by atoms with Crippen LogP contribution in [0.15, 0.2) is 30.6 Å². The standard InChI is InChI=1S/C21H28N6O2/c1-26-19(13-18(25-26)15-8-10-22-11-9-15)24-20(28)16-5-4-12-27(14-16)21(29)23-17-6-2-3-7-17/h8-11,13,16-17H,2-7,12,14H2,1H3,(H,23,29)(H,24,28). The first kappa shape index (κ1) is 19.4. The third kappa shape index (κ3) is 4.58. The van der Waals surface area contributed by atoms with Crippen LogP contribution in [-0.2, 0) is 11.8 Å². The smallest absolute Gasteiger partial charge is 0.317 e. The van der Waals surface area contributed by atoms with E-state index in [4.69, 9.17) is 0 Å². The van der Waals surface area contributed by atoms with Crippen molar-refractivity contribution in [1.82, 2.24) is 25.0 Å². The molecule has 2 aliphatic rings. The highest BCUT2D eigenvalue weighted by Gasteiger charge is 2.30. The van der Waals surface area contributed by atoms with E-state index in [1.807, 2.05) is 25.2 Å². The molecule has 0 bridgehead atoms. The lowest BCUT2D eigenvalue weighted by Crippen LogP contribution is -2.49. The van der Waals surface area contributed by atoms with Gasteiger partial charge in [-0.25, -0.2) is 4.79 Å². The molecule has 1 saturated carbocycles. The first-order chi connectivity index (χ1) is 14.1. The Morgan fingerprint density at radius 2 is 1.86 bits per heavy atom. The number of aryl methyl sites for hydroxylation is 1. The van der Waals surface area contributed by atoms with Crippen molar-refractivity contribution in [3.8, 4) is 11.3 Å². The molecule has 1 aliphatic heterocycles. The molecule has 1 unspecified atom stereocenters. The minimum Gasteiger partial charge on any atom is -0.335 e. The van der Waals surface area contributed by atoms with E-state index < -0.39 is 0 Å². The van der Waals surface area contributed by atoms with Gasteiger partial charge in [0.05, 0.1) is 11.6 Å². The van der Waals surface area contributed by atoms with Gasteiger partial charge in [0, 0.05) is 50.2 Å². The van der Waals surface area contributed by atoms with Gasteiger partial charge in [0.2, 0.25) is 5.91 Å². The second-order valence-corrected chi connectivity index (χ2v) is 7.98. The van der Waals surface area contributed by atoms with Crippen LogP contribution < -0.4 is 10.6 Å². The Bertz CT molecular complexity index is 859. The molecule has 154 valence electrons. The number of anilines is 1. The van der Waals surface area contributed by atoms with E-state index in [2.05, 4.69) is 20.7 Å². The highest BCUT2D eigenvalue weighted by Crippen LogP contribution is 2.23. The number of nitrogens with zero attached hydrogens (tertiary/aromatic N) is 4. The summed E-state index contributed by atoms with van der Waals surface area (Å²) in [4.78, 5) is 31.2. The molecule has 1 atom stereocenters. The number of nitrogens with one attached hydrogen (secondary N) is 2. The molecule has 1 saturated heterocycles. The molecule has 29 heavy (non-hydrogen) atoms. The van der Waals surface area contributed by atoms with E-state index in [1.54, 1.807) is 22.0 Å². The van der Waals surface area contributed by atoms with Gasteiger partial charge in [0.1, 0.15) is 5.82 Å². The molecule has 3 amide bonds. The Labute approximate surface area is 170 Å². The van der Waals surface area contributed by atoms with Crippen LogP contribution in [0.25, 0.3) is 11.3 Å². The van der Waals surface area contributed by atoms with Gasteiger partial charge in [-0.15, -0.1) is 0 Å². The summed E-state index contributed by atoms with van der Waals surface area (Å²) in [7, 11) is 1.81. The maximum atomic E-state index is 12.9. The molecule has 2 fully saturated rings. The number of likely N-dealkylation sites (tertiary alicyclic amines) is 1. The normalized spacial score (nSPS) is 19.9. The van der Waals surface area contributed by atoms with Gasteiger partial charge in [-0.05, 0) is 37.8 Å². The fourth-order valence-corrected chi connectivity index (χ4v) is 4.19. The van der Waals surface area contributed by atoms with Gasteiger partial charge in [-0.2, -0.15) is 5.10 Å². The number of hydrogen-bond donors (Lipinski definition) is 2. The molecule has 0 radical (unpaired) electrons. The molecule has 3 heterocycles. The fourth-order valence-electron chi connectivity index (χ4n) is 4.19. The van der Waals surface area contributed by atoms with Crippen molar-refractivity contribution in [3.63, 3.8) is 0 Å². The minimum atomic E-state index is -0.211. The lowest BCUT2D eigenvalue weighted by Gasteiger charge is -2.32. The number of piperidine rings is 1. The highest BCUT2D eigenvalue weighted by molar-refractivity contribution is 5.93. The maximum absolute atomic E-state index is 12.9. The van der Waals surface area contributed by atoms with Gasteiger partial charge < -0.3 is 15.5 Å². The highest BCUT2D eigenvalue weighted by atomic mass is 16.2. The summed E-state index contributed by atoms with van der Waals surface area (Å²) >= 11 is 0. The quantitative estimate of drug-likeness (QED) is 0.831. The molecule has 8 nitrogen and oxygen atoms in total. The zero-order chi connectivity index (χ0) is 20.2. The Morgan fingerprint density at radius 3 is 2.62 bits per heavy atom. The number of urea groups is 1. The van der Waals surface area contributed by atoms with E-state index >= 15 is 0 Å². The molecule has 0 aromatic carbocycles. The van der Waals surface area contributed by atoms with Crippen LogP contribution >= 0.6 is 0 Å². The molecule has 2 aromatic rings. The number of aromatic nitrogens is 3. The van der Waals surface area contributed by atoms with Crippen LogP contribution in [0.1, 0.15) is 38.5 Å². The average molecular weight is 396 g/mol. The van der Waals surface area contributed by atoms with Crippen molar-refractivity contribution in [2.45, 2.75) is 44.6 Å². The van der Waals surface area contributed by atoms with Crippen molar-refractivity contribution in [2.24, 2.45) is 13.0 Å². The molecule has 0 spiro atoms. The third-order valence-electron chi connectivity index (χ3n) is 5.87. The van der Waals surface area contributed by atoms with Crippen molar-refractivity contribution in [3.05, 3.63) is 30.6 Å². The zero-order valence-corrected chi connectivity index (χ0v) is 16.8. The van der Waals surface area contributed by atoms with Crippen LogP contribution in [0.2, 0.25) is 0 Å². The van der Waals surface area contributed by atoms with E-state index in [0.717, 1.165) is 36.9 Å². The van der Waals surface area contributed by atoms with Crippen LogP contribution in [0, 0.1) is 5.92 Å². The van der Waals surface area contributed by atoms with Crippen molar-refractivity contribution < 1.29 is 9.59 Å². The van der Waals surface area contributed by atoms with Crippen molar-refractivity contribution in [2.75, 3.05) is 18.4 Å². The summed E-state index contributed by atoms with van der Waals surface area (Å²) in [5.41, 5.74) is 1.73. The molecule has 1 aliphatic carbocycles. The first-order valence-corrected chi connectivity index (χ1v) is 10.4. The van der Waals surface area contributed by atoms with Gasteiger partial charge in [-0.3, -0.25) is 14.5 Å². The summed E-state index contributed by atoms with van der Waals surface area (Å²) in [5, 5.41) is 10.6. The Kier molecular flexibility index (Phi) is 5.78. The summed E-state index contributed by atoms with van der Waals surface area (Å²) in [6.45, 7) is 1.17. The van der Waals surface area contributed by atoms with E-state index in [-0.39, 0.29) is 23.9 Å². The monoisotopic (exact) mass is 396 g/mol. The van der Waals surface area contributed by atoms with Gasteiger partial charge in [-0.1, -0.05) is 12.8 Å². The fraction of sp³-hybridized carbons (Fsp3) is 0.524. The number of hydrogen-bond acceptors (Lipinski definition) is 4. The largest absolute Gasteiger partial charge is 0.335 e. The SMILES string of the molecule is Cn1nc(-c2ccncc2)cc1NC(=O)C1CCCN(C(=O)NC2CCCC2)C1. The number of rotatable bonds is 4. The molecule has 2 N–H and O–H groups in total. The lowest BCUT2D eigenvalue weighted by atomic mass is 9.97. The predicted molar refractivity (Wildman–Crippen MR) is 110 cm³/mol. The second-order valence-electron chi connectivity index (χ2n) is 7.98. The first-order valence-electron chi connectivity index (χ1n) is 10.4. The van der Waals surface area contributed by atoms with Crippen LogP contribution in [0.4, 0.5) is 10.6 Å². The molecule has 8 heteroatoms. The molecular weight excluding hydrogens is 368 g/mol. The van der Waals surface area contributed by atoms with Gasteiger partial charge in [0.25, 0.3) is 0 Å². The molecule has 4 rings (SSSR count). The number of carbonyl (C=O) groups is 2. The minimum absolute atomic E-state index is 0.0325. The maximum Gasteiger partial charge on any atom is 0.317 e. The number of pyridine rings is 1.